The predicted molar refractivity (Wildman–Crippen MR) is 81.6 cm³/mol. The van der Waals surface area contributed by atoms with Crippen LogP contribution in [0.3, 0.4) is 0 Å². The van der Waals surface area contributed by atoms with Gasteiger partial charge in [-0.05, 0) is 43.7 Å². The van der Waals surface area contributed by atoms with Crippen LogP contribution in [0.15, 0.2) is 42.5 Å². The Kier molecular flexibility index (Phi) is 5.01. The van der Waals surface area contributed by atoms with E-state index in [2.05, 4.69) is 4.74 Å². The quantitative estimate of drug-likeness (QED) is 0.786. The molecule has 134 valence electrons. The highest BCUT2D eigenvalue weighted by Crippen LogP contribution is 2.33. The van der Waals surface area contributed by atoms with Gasteiger partial charge < -0.3 is 10.1 Å². The Morgan fingerprint density at radius 2 is 1.68 bits per heavy atom. The van der Waals surface area contributed by atoms with Gasteiger partial charge in [0.2, 0.25) is 0 Å². The van der Waals surface area contributed by atoms with E-state index in [0.29, 0.717) is 17.7 Å². The largest absolute Gasteiger partial charge is 0.482 e. The summed E-state index contributed by atoms with van der Waals surface area (Å²) in [5, 5.41) is 2.01. The fourth-order valence-electron chi connectivity index (χ4n) is 2.08. The summed E-state index contributed by atoms with van der Waals surface area (Å²) in [6.45, 7) is 3.42. The Bertz CT molecular complexity index is 787. The predicted octanol–water partition coefficient (Wildman–Crippen LogP) is 4.93. The molecule has 3 nitrogen and oxygen atoms in total. The number of nitrogens with one attached hydrogen (secondary N) is 1. The van der Waals surface area contributed by atoms with Crippen LogP contribution in [0.25, 0.3) is 0 Å². The molecule has 0 saturated heterocycles. The van der Waals surface area contributed by atoms with Crippen LogP contribution in [0.2, 0.25) is 0 Å². The van der Waals surface area contributed by atoms with Gasteiger partial charge in [0.25, 0.3) is 0 Å². The van der Waals surface area contributed by atoms with Crippen LogP contribution in [0.5, 0.6) is 5.75 Å². The maximum absolute atomic E-state index is 13.9. The standard InChI is InChI=1S/C17H14F5NO2/c1-10-6-7-14(11(2)8-10)23-15(24)17(21,22)25-13-5-3-4-12(9-13)16(18,19)20/h3-9H,1-2H3,(H,23,24). The molecular formula is C17H14F5NO2. The second-order valence-corrected chi connectivity index (χ2v) is 5.42. The Morgan fingerprint density at radius 3 is 2.28 bits per heavy atom. The minimum atomic E-state index is -4.71. The van der Waals surface area contributed by atoms with Crippen LogP contribution in [-0.2, 0) is 11.0 Å². The van der Waals surface area contributed by atoms with Gasteiger partial charge in [-0.1, -0.05) is 23.8 Å². The smallest absolute Gasteiger partial charge is 0.425 e. The van der Waals surface area contributed by atoms with Crippen molar-refractivity contribution in [2.75, 3.05) is 5.32 Å². The van der Waals surface area contributed by atoms with Gasteiger partial charge in [-0.25, -0.2) is 0 Å². The minimum Gasteiger partial charge on any atom is -0.425 e. The second-order valence-electron chi connectivity index (χ2n) is 5.42. The lowest BCUT2D eigenvalue weighted by Crippen LogP contribution is -2.40. The third-order valence-electron chi connectivity index (χ3n) is 3.30. The van der Waals surface area contributed by atoms with E-state index in [4.69, 9.17) is 0 Å². The molecule has 0 radical (unpaired) electrons. The zero-order valence-corrected chi connectivity index (χ0v) is 13.2. The van der Waals surface area contributed by atoms with Crippen LogP contribution in [-0.4, -0.2) is 12.0 Å². The van der Waals surface area contributed by atoms with Crippen molar-refractivity contribution in [3.05, 3.63) is 59.2 Å². The third kappa shape index (κ3) is 4.68. The fraction of sp³-hybridized carbons (Fsp3) is 0.235. The van der Waals surface area contributed by atoms with E-state index in [9.17, 15) is 26.7 Å². The molecule has 1 N–H and O–H groups in total. The van der Waals surface area contributed by atoms with E-state index in [-0.39, 0.29) is 5.69 Å². The first kappa shape index (κ1) is 18.7. The number of rotatable bonds is 4. The molecular weight excluding hydrogens is 345 g/mol. The summed E-state index contributed by atoms with van der Waals surface area (Å²) in [5.74, 6) is -2.55. The zero-order chi connectivity index (χ0) is 18.8. The van der Waals surface area contributed by atoms with Crippen LogP contribution < -0.4 is 10.1 Å². The van der Waals surface area contributed by atoms with Crippen LogP contribution in [0.1, 0.15) is 16.7 Å². The lowest BCUT2D eigenvalue weighted by molar-refractivity contribution is -0.187. The maximum atomic E-state index is 13.9. The van der Waals surface area contributed by atoms with E-state index in [1.807, 2.05) is 5.32 Å². The summed E-state index contributed by atoms with van der Waals surface area (Å²) in [4.78, 5) is 11.7. The van der Waals surface area contributed by atoms with Crippen molar-refractivity contribution in [2.45, 2.75) is 26.1 Å². The van der Waals surface area contributed by atoms with Crippen molar-refractivity contribution in [3.63, 3.8) is 0 Å². The van der Waals surface area contributed by atoms with Gasteiger partial charge in [0, 0.05) is 5.69 Å². The van der Waals surface area contributed by atoms with Gasteiger partial charge in [0.1, 0.15) is 5.75 Å². The topological polar surface area (TPSA) is 38.3 Å². The van der Waals surface area contributed by atoms with Crippen LogP contribution in [0.4, 0.5) is 27.6 Å². The molecule has 0 atom stereocenters. The SMILES string of the molecule is Cc1ccc(NC(=O)C(F)(F)Oc2cccc(C(F)(F)F)c2)c(C)c1. The molecule has 0 aliphatic heterocycles. The first-order chi connectivity index (χ1) is 11.5. The Morgan fingerprint density at radius 1 is 1.00 bits per heavy atom. The molecule has 2 aromatic carbocycles. The summed E-state index contributed by atoms with van der Waals surface area (Å²) < 4.78 is 69.8. The second kappa shape index (κ2) is 6.70. The third-order valence-corrected chi connectivity index (χ3v) is 3.30. The van der Waals surface area contributed by atoms with E-state index in [0.717, 1.165) is 17.7 Å². The summed E-state index contributed by atoms with van der Waals surface area (Å²) in [6, 6.07) is 7.68. The van der Waals surface area contributed by atoms with Gasteiger partial charge >= 0.3 is 18.2 Å². The van der Waals surface area contributed by atoms with Gasteiger partial charge in [0.05, 0.1) is 5.56 Å². The molecule has 0 aliphatic carbocycles. The number of anilines is 1. The van der Waals surface area contributed by atoms with Gasteiger partial charge in [-0.15, -0.1) is 0 Å². The number of carbonyl (C=O) groups is 1. The molecule has 1 amide bonds. The number of carbonyl (C=O) groups excluding carboxylic acids is 1. The van der Waals surface area contributed by atoms with E-state index >= 15 is 0 Å². The first-order valence-corrected chi connectivity index (χ1v) is 7.12. The Balaban J connectivity index is 2.16. The average molecular weight is 359 g/mol. The normalized spacial score (nSPS) is 12.0. The molecule has 0 fully saturated rings. The van der Waals surface area contributed by atoms with E-state index < -0.39 is 29.5 Å². The Hall–Kier alpha value is -2.64. The molecule has 2 aromatic rings. The van der Waals surface area contributed by atoms with Crippen molar-refractivity contribution in [1.29, 1.82) is 0 Å². The molecule has 25 heavy (non-hydrogen) atoms. The number of ether oxygens (including phenoxy) is 1. The lowest BCUT2D eigenvalue weighted by atomic mass is 10.1. The highest BCUT2D eigenvalue weighted by Gasteiger charge is 2.43. The number of hydrogen-bond donors (Lipinski definition) is 1. The number of benzene rings is 2. The number of amides is 1. The van der Waals surface area contributed by atoms with Crippen molar-refractivity contribution >= 4 is 11.6 Å². The number of halogens is 5. The molecule has 0 aromatic heterocycles. The van der Waals surface area contributed by atoms with Crippen molar-refractivity contribution in [3.8, 4) is 5.75 Å². The number of aryl methyl sites for hydroxylation is 2. The minimum absolute atomic E-state index is 0.155. The van der Waals surface area contributed by atoms with Crippen molar-refractivity contribution in [2.24, 2.45) is 0 Å². The molecule has 0 spiro atoms. The maximum Gasteiger partial charge on any atom is 0.482 e. The molecule has 0 aliphatic rings. The number of alkyl halides is 5. The molecule has 8 heteroatoms. The van der Waals surface area contributed by atoms with Gasteiger partial charge in [-0.3, -0.25) is 4.79 Å². The van der Waals surface area contributed by atoms with Crippen molar-refractivity contribution < 1.29 is 31.5 Å². The van der Waals surface area contributed by atoms with Gasteiger partial charge in [0.15, 0.2) is 0 Å². The first-order valence-electron chi connectivity index (χ1n) is 7.12. The molecule has 0 saturated carbocycles. The molecule has 2 rings (SSSR count). The van der Waals surface area contributed by atoms with Crippen LogP contribution >= 0.6 is 0 Å². The van der Waals surface area contributed by atoms with Crippen molar-refractivity contribution in [1.82, 2.24) is 0 Å². The highest BCUT2D eigenvalue weighted by atomic mass is 19.4. The monoisotopic (exact) mass is 359 g/mol. The highest BCUT2D eigenvalue weighted by molar-refractivity contribution is 5.95. The average Bonchev–Trinajstić information content (AvgIpc) is 2.49. The lowest BCUT2D eigenvalue weighted by Gasteiger charge is -2.19. The fourth-order valence-corrected chi connectivity index (χ4v) is 2.08. The summed E-state index contributed by atoms with van der Waals surface area (Å²) in [6.07, 6.45) is -9.06. The molecule has 0 bridgehead atoms. The molecule has 0 heterocycles. The number of hydrogen-bond acceptors (Lipinski definition) is 2. The summed E-state index contributed by atoms with van der Waals surface area (Å²) in [5.41, 5.74) is 0.434. The zero-order valence-electron chi connectivity index (χ0n) is 13.2. The molecule has 0 unspecified atom stereocenters. The summed E-state index contributed by atoms with van der Waals surface area (Å²) >= 11 is 0. The van der Waals surface area contributed by atoms with Crippen LogP contribution in [0, 0.1) is 13.8 Å². The van der Waals surface area contributed by atoms with E-state index in [1.165, 1.54) is 6.07 Å². The Labute approximate surface area is 140 Å². The summed E-state index contributed by atoms with van der Waals surface area (Å²) in [7, 11) is 0. The van der Waals surface area contributed by atoms with Gasteiger partial charge in [-0.2, -0.15) is 22.0 Å². The van der Waals surface area contributed by atoms with E-state index in [1.54, 1.807) is 26.0 Å².